The minimum absolute atomic E-state index is 0.896. The SMILES string of the molecule is CCCCCCCCCCC(C)CCCCCCCCCCCCCCCCCCC(C)C. The summed E-state index contributed by atoms with van der Waals surface area (Å²) in [4.78, 5) is 0. The maximum Gasteiger partial charge on any atom is -0.0443 e. The van der Waals surface area contributed by atoms with Crippen molar-refractivity contribution < 1.29 is 0 Å². The molecule has 0 aromatic carbocycles. The van der Waals surface area contributed by atoms with Crippen molar-refractivity contribution in [2.75, 3.05) is 0 Å². The third-order valence-corrected chi connectivity index (χ3v) is 7.78. The van der Waals surface area contributed by atoms with Crippen LogP contribution >= 0.6 is 0 Å². The van der Waals surface area contributed by atoms with E-state index in [-0.39, 0.29) is 0 Å². The first-order valence-electron chi connectivity index (χ1n) is 16.2. The van der Waals surface area contributed by atoms with Crippen molar-refractivity contribution in [1.29, 1.82) is 0 Å². The van der Waals surface area contributed by atoms with E-state index < -0.39 is 0 Å². The summed E-state index contributed by atoms with van der Waals surface area (Å²) >= 11 is 0. The Morgan fingerprint density at radius 2 is 0.545 bits per heavy atom. The van der Waals surface area contributed by atoms with Crippen LogP contribution < -0.4 is 0 Å². The fraction of sp³-hybridized carbons (Fsp3) is 1.00. The molecular weight excluding hydrogens is 396 g/mol. The highest BCUT2D eigenvalue weighted by Crippen LogP contribution is 2.19. The predicted octanol–water partition coefficient (Wildman–Crippen LogP) is 12.8. The van der Waals surface area contributed by atoms with Gasteiger partial charge in [0.15, 0.2) is 0 Å². The average molecular weight is 465 g/mol. The molecule has 0 aliphatic carbocycles. The quantitative estimate of drug-likeness (QED) is 0.101. The largest absolute Gasteiger partial charge is 0.0654 e. The Balaban J connectivity index is 3.12. The molecule has 0 N–H and O–H groups in total. The van der Waals surface area contributed by atoms with Crippen molar-refractivity contribution in [3.8, 4) is 0 Å². The smallest absolute Gasteiger partial charge is 0.0443 e. The topological polar surface area (TPSA) is 0 Å². The fourth-order valence-corrected chi connectivity index (χ4v) is 5.29. The second-order valence-electron chi connectivity index (χ2n) is 12.0. The van der Waals surface area contributed by atoms with Crippen LogP contribution in [0.25, 0.3) is 0 Å². The summed E-state index contributed by atoms with van der Waals surface area (Å²) in [5, 5.41) is 0. The Bertz CT molecular complexity index is 331. The molecule has 200 valence electrons. The molecule has 0 bridgehead atoms. The second kappa shape index (κ2) is 28.2. The summed E-state index contributed by atoms with van der Waals surface area (Å²) in [6.45, 7) is 9.50. The van der Waals surface area contributed by atoms with E-state index in [0.29, 0.717) is 0 Å². The minimum atomic E-state index is 0.896. The first-order chi connectivity index (χ1) is 16.2. The van der Waals surface area contributed by atoms with Gasteiger partial charge >= 0.3 is 0 Å². The Morgan fingerprint density at radius 1 is 0.303 bits per heavy atom. The monoisotopic (exact) mass is 465 g/mol. The molecule has 1 atom stereocenters. The lowest BCUT2D eigenvalue weighted by Crippen LogP contribution is -1.95. The zero-order valence-electron chi connectivity index (χ0n) is 24.2. The highest BCUT2D eigenvalue weighted by molar-refractivity contribution is 4.56. The summed E-state index contributed by atoms with van der Waals surface area (Å²) < 4.78 is 0. The van der Waals surface area contributed by atoms with E-state index in [9.17, 15) is 0 Å². The molecule has 1 unspecified atom stereocenters. The van der Waals surface area contributed by atoms with Crippen molar-refractivity contribution in [2.45, 2.75) is 201 Å². The highest BCUT2D eigenvalue weighted by atomic mass is 14.1. The Morgan fingerprint density at radius 3 is 0.818 bits per heavy atom. The van der Waals surface area contributed by atoms with Crippen LogP contribution in [0.15, 0.2) is 0 Å². The van der Waals surface area contributed by atoms with Gasteiger partial charge in [0.2, 0.25) is 0 Å². The molecule has 0 heteroatoms. The number of unbranched alkanes of at least 4 members (excludes halogenated alkanes) is 22. The Hall–Kier alpha value is 0. The minimum Gasteiger partial charge on any atom is -0.0654 e. The van der Waals surface area contributed by atoms with Crippen LogP contribution in [0.1, 0.15) is 201 Å². The van der Waals surface area contributed by atoms with Gasteiger partial charge in [0.1, 0.15) is 0 Å². The molecule has 0 fully saturated rings. The van der Waals surface area contributed by atoms with Crippen LogP contribution in [0.3, 0.4) is 0 Å². The number of rotatable bonds is 28. The van der Waals surface area contributed by atoms with E-state index in [4.69, 9.17) is 0 Å². The number of hydrogen-bond acceptors (Lipinski definition) is 0. The summed E-state index contributed by atoms with van der Waals surface area (Å²) in [7, 11) is 0. The third kappa shape index (κ3) is 30.0. The van der Waals surface area contributed by atoms with Gasteiger partial charge in [-0.2, -0.15) is 0 Å². The average Bonchev–Trinajstić information content (AvgIpc) is 2.79. The van der Waals surface area contributed by atoms with Gasteiger partial charge < -0.3 is 0 Å². The molecule has 0 nitrogen and oxygen atoms in total. The summed E-state index contributed by atoms with van der Waals surface area (Å²) in [6.07, 6.45) is 39.8. The Kier molecular flexibility index (Phi) is 28.2. The molecule has 0 amide bonds. The first kappa shape index (κ1) is 33.0. The van der Waals surface area contributed by atoms with E-state index in [2.05, 4.69) is 27.7 Å². The number of hydrogen-bond donors (Lipinski definition) is 0. The molecule has 0 rings (SSSR count). The van der Waals surface area contributed by atoms with E-state index in [1.165, 1.54) is 173 Å². The lowest BCUT2D eigenvalue weighted by Gasteiger charge is -2.11. The van der Waals surface area contributed by atoms with Crippen molar-refractivity contribution in [3.63, 3.8) is 0 Å². The van der Waals surface area contributed by atoms with Crippen LogP contribution in [0.5, 0.6) is 0 Å². The lowest BCUT2D eigenvalue weighted by atomic mass is 9.95. The molecule has 0 radical (unpaired) electrons. The molecule has 0 heterocycles. The molecule has 0 aromatic heterocycles. The van der Waals surface area contributed by atoms with Gasteiger partial charge in [0.25, 0.3) is 0 Å². The van der Waals surface area contributed by atoms with Crippen LogP contribution in [-0.2, 0) is 0 Å². The maximum atomic E-state index is 2.50. The van der Waals surface area contributed by atoms with Crippen LogP contribution in [0.4, 0.5) is 0 Å². The van der Waals surface area contributed by atoms with Crippen LogP contribution in [0.2, 0.25) is 0 Å². The molecule has 0 aromatic rings. The lowest BCUT2D eigenvalue weighted by molar-refractivity contribution is 0.430. The first-order valence-corrected chi connectivity index (χ1v) is 16.2. The zero-order chi connectivity index (χ0) is 24.2. The molecule has 0 saturated heterocycles. The van der Waals surface area contributed by atoms with Gasteiger partial charge in [-0.3, -0.25) is 0 Å². The van der Waals surface area contributed by atoms with E-state index in [1.807, 2.05) is 0 Å². The third-order valence-electron chi connectivity index (χ3n) is 7.78. The van der Waals surface area contributed by atoms with Crippen LogP contribution in [-0.4, -0.2) is 0 Å². The normalized spacial score (nSPS) is 12.6. The highest BCUT2D eigenvalue weighted by Gasteiger charge is 2.02. The summed E-state index contributed by atoms with van der Waals surface area (Å²) in [6, 6.07) is 0. The van der Waals surface area contributed by atoms with Crippen LogP contribution in [0, 0.1) is 11.8 Å². The van der Waals surface area contributed by atoms with Crippen molar-refractivity contribution in [3.05, 3.63) is 0 Å². The predicted molar refractivity (Wildman–Crippen MR) is 154 cm³/mol. The second-order valence-corrected chi connectivity index (χ2v) is 12.0. The van der Waals surface area contributed by atoms with Gasteiger partial charge in [-0.05, 0) is 11.8 Å². The van der Waals surface area contributed by atoms with Crippen molar-refractivity contribution >= 4 is 0 Å². The standard InChI is InChI=1S/C33H68/c1-5-6-7-8-9-21-24-27-30-33(4)31-28-25-22-19-17-15-13-11-10-12-14-16-18-20-23-26-29-32(2)3/h32-33H,5-31H2,1-4H3. The van der Waals surface area contributed by atoms with Gasteiger partial charge in [-0.15, -0.1) is 0 Å². The zero-order valence-corrected chi connectivity index (χ0v) is 24.2. The Labute approximate surface area is 212 Å². The molecule has 0 aliphatic rings. The molecule has 0 aliphatic heterocycles. The maximum absolute atomic E-state index is 2.50. The van der Waals surface area contributed by atoms with E-state index in [1.54, 1.807) is 0 Å². The molecule has 33 heavy (non-hydrogen) atoms. The van der Waals surface area contributed by atoms with Gasteiger partial charge in [0, 0.05) is 0 Å². The van der Waals surface area contributed by atoms with Gasteiger partial charge in [0.05, 0.1) is 0 Å². The molecule has 0 saturated carbocycles. The van der Waals surface area contributed by atoms with E-state index in [0.717, 1.165) is 11.8 Å². The molecule has 0 spiro atoms. The fourth-order valence-electron chi connectivity index (χ4n) is 5.29. The van der Waals surface area contributed by atoms with E-state index >= 15 is 0 Å². The van der Waals surface area contributed by atoms with Crippen molar-refractivity contribution in [2.24, 2.45) is 11.8 Å². The van der Waals surface area contributed by atoms with Gasteiger partial charge in [-0.1, -0.05) is 201 Å². The summed E-state index contributed by atoms with van der Waals surface area (Å²) in [5.74, 6) is 1.86. The molecular formula is C33H68. The summed E-state index contributed by atoms with van der Waals surface area (Å²) in [5.41, 5.74) is 0. The van der Waals surface area contributed by atoms with Crippen molar-refractivity contribution in [1.82, 2.24) is 0 Å². The van der Waals surface area contributed by atoms with Gasteiger partial charge in [-0.25, -0.2) is 0 Å².